The molecule has 8 heteroatoms. The summed E-state index contributed by atoms with van der Waals surface area (Å²) in [5.41, 5.74) is 1.73. The highest BCUT2D eigenvalue weighted by Gasteiger charge is 2.38. The Morgan fingerprint density at radius 2 is 1.93 bits per heavy atom. The van der Waals surface area contributed by atoms with Crippen molar-refractivity contribution >= 4 is 69.2 Å². The van der Waals surface area contributed by atoms with Gasteiger partial charge >= 0.3 is 0 Å². The molecule has 1 saturated heterocycles. The molecule has 28 heavy (non-hydrogen) atoms. The van der Waals surface area contributed by atoms with Crippen molar-refractivity contribution in [2.75, 3.05) is 18.5 Å². The Morgan fingerprint density at radius 3 is 2.64 bits per heavy atom. The lowest BCUT2D eigenvalue weighted by atomic mass is 10.3. The Labute approximate surface area is 181 Å². The molecule has 2 aliphatic rings. The lowest BCUT2D eigenvalue weighted by molar-refractivity contribution is -0.121. The second-order valence-electron chi connectivity index (χ2n) is 6.06. The molecule has 0 spiro atoms. The summed E-state index contributed by atoms with van der Waals surface area (Å²) in [6, 6.07) is 13.2. The molecule has 0 N–H and O–H groups in total. The Balaban J connectivity index is 1.74. The van der Waals surface area contributed by atoms with E-state index < -0.39 is 0 Å². The number of amides is 1. The third-order valence-electron chi connectivity index (χ3n) is 4.24. The minimum absolute atomic E-state index is 0.0779. The van der Waals surface area contributed by atoms with Gasteiger partial charge in [0.1, 0.15) is 4.91 Å². The van der Waals surface area contributed by atoms with Crippen LogP contribution in [0.1, 0.15) is 0 Å². The van der Waals surface area contributed by atoms with Crippen LogP contribution in [0.25, 0.3) is 0 Å². The summed E-state index contributed by atoms with van der Waals surface area (Å²) in [6.07, 6.45) is 1.69. The normalized spacial score (nSPS) is 20.2. The summed E-state index contributed by atoms with van der Waals surface area (Å²) in [6.45, 7) is 4.15. The number of para-hydroxylation sites is 1. The van der Waals surface area contributed by atoms with Crippen LogP contribution in [-0.4, -0.2) is 29.6 Å². The minimum Gasteiger partial charge on any atom is -0.337 e. The van der Waals surface area contributed by atoms with Crippen LogP contribution in [0.2, 0.25) is 10.0 Å². The second-order valence-corrected chi connectivity index (χ2v) is 8.88. The maximum atomic E-state index is 13.1. The fraction of sp³-hybridized carbons (Fsp3) is 0.100. The summed E-state index contributed by atoms with van der Waals surface area (Å²) < 4.78 is 0. The summed E-state index contributed by atoms with van der Waals surface area (Å²) >= 11 is 15.1. The van der Waals surface area contributed by atoms with Gasteiger partial charge in [0.25, 0.3) is 5.91 Å². The molecule has 0 bridgehead atoms. The van der Waals surface area contributed by atoms with E-state index in [-0.39, 0.29) is 5.91 Å². The number of benzene rings is 2. The smallest absolute Gasteiger partial charge is 0.269 e. The van der Waals surface area contributed by atoms with E-state index in [0.717, 1.165) is 15.6 Å². The molecular weight excluding hydrogens is 433 g/mol. The van der Waals surface area contributed by atoms with Gasteiger partial charge in [0.05, 0.1) is 26.4 Å². The molecule has 2 aromatic rings. The van der Waals surface area contributed by atoms with Crippen molar-refractivity contribution < 1.29 is 4.79 Å². The van der Waals surface area contributed by atoms with E-state index in [1.54, 1.807) is 40.9 Å². The molecule has 0 unspecified atom stereocenters. The van der Waals surface area contributed by atoms with E-state index in [1.807, 2.05) is 25.2 Å². The molecule has 0 aliphatic carbocycles. The third-order valence-corrected chi connectivity index (χ3v) is 7.41. The quantitative estimate of drug-likeness (QED) is 0.417. The van der Waals surface area contributed by atoms with Crippen LogP contribution < -0.4 is 4.90 Å². The average molecular weight is 448 g/mol. The summed E-state index contributed by atoms with van der Waals surface area (Å²) in [5.74, 6) is -0.0779. The van der Waals surface area contributed by atoms with Crippen molar-refractivity contribution in [2.24, 2.45) is 4.99 Å². The molecule has 2 aliphatic heterocycles. The van der Waals surface area contributed by atoms with Crippen molar-refractivity contribution in [1.82, 2.24) is 4.90 Å². The first-order valence-electron chi connectivity index (χ1n) is 8.39. The van der Waals surface area contributed by atoms with Gasteiger partial charge in [-0.15, -0.1) is 6.58 Å². The third kappa shape index (κ3) is 3.46. The Morgan fingerprint density at radius 1 is 1.14 bits per heavy atom. The van der Waals surface area contributed by atoms with Crippen LogP contribution >= 0.6 is 46.7 Å². The molecule has 0 radical (unpaired) electrons. The van der Waals surface area contributed by atoms with Gasteiger partial charge in [-0.25, -0.2) is 4.99 Å². The van der Waals surface area contributed by atoms with Gasteiger partial charge < -0.3 is 4.90 Å². The van der Waals surface area contributed by atoms with Crippen molar-refractivity contribution in [1.29, 1.82) is 0 Å². The molecule has 1 amide bonds. The van der Waals surface area contributed by atoms with E-state index in [1.165, 1.54) is 11.8 Å². The minimum atomic E-state index is -0.0779. The second kappa shape index (κ2) is 7.87. The molecule has 142 valence electrons. The van der Waals surface area contributed by atoms with Gasteiger partial charge in [-0.2, -0.15) is 0 Å². The number of thioether (sulfide) groups is 2. The lowest BCUT2D eigenvalue weighted by Gasteiger charge is -2.15. The number of aliphatic imine (C=N–C) groups is 1. The number of anilines is 1. The number of rotatable bonds is 3. The SMILES string of the molecule is C=CCN1C(=O)C(=C2Sc3ccccc3N2C)SC1=Nc1ccc(Cl)c(Cl)c1. The fourth-order valence-corrected chi connectivity index (χ4v) is 5.52. The molecule has 2 heterocycles. The Bertz CT molecular complexity index is 1050. The van der Waals surface area contributed by atoms with E-state index in [9.17, 15) is 4.79 Å². The average Bonchev–Trinajstić information content (AvgIpc) is 3.17. The van der Waals surface area contributed by atoms with E-state index in [0.29, 0.717) is 32.4 Å². The maximum Gasteiger partial charge on any atom is 0.269 e. The van der Waals surface area contributed by atoms with Crippen molar-refractivity contribution in [3.8, 4) is 0 Å². The molecular formula is C20H15Cl2N3OS2. The topological polar surface area (TPSA) is 35.9 Å². The number of hydrogen-bond acceptors (Lipinski definition) is 5. The van der Waals surface area contributed by atoms with Crippen LogP contribution in [0.4, 0.5) is 11.4 Å². The molecule has 4 rings (SSSR count). The number of carbonyl (C=O) groups is 1. The Hall–Kier alpha value is -1.86. The molecule has 2 aromatic carbocycles. The number of halogens is 2. The van der Waals surface area contributed by atoms with Gasteiger partial charge in [0, 0.05) is 18.5 Å². The standard InChI is InChI=1S/C20H15Cl2N3OS2/c1-3-10-25-18(26)17(19-24(2)15-6-4-5-7-16(15)27-19)28-20(25)23-12-8-9-13(21)14(22)11-12/h3-9,11H,1,10H2,2H3. The summed E-state index contributed by atoms with van der Waals surface area (Å²) in [5, 5.41) is 2.39. The highest BCUT2D eigenvalue weighted by Crippen LogP contribution is 2.50. The molecule has 4 nitrogen and oxygen atoms in total. The first-order chi connectivity index (χ1) is 13.5. The van der Waals surface area contributed by atoms with Crippen molar-refractivity contribution in [2.45, 2.75) is 4.90 Å². The summed E-state index contributed by atoms with van der Waals surface area (Å²) in [7, 11) is 1.97. The van der Waals surface area contributed by atoms with Crippen molar-refractivity contribution in [3.05, 3.63) is 75.1 Å². The van der Waals surface area contributed by atoms with Crippen LogP contribution in [0, 0.1) is 0 Å². The van der Waals surface area contributed by atoms with Crippen LogP contribution in [0.15, 0.2) is 74.9 Å². The number of nitrogens with zero attached hydrogens (tertiary/aromatic N) is 3. The van der Waals surface area contributed by atoms with Crippen LogP contribution in [0.5, 0.6) is 0 Å². The first-order valence-corrected chi connectivity index (χ1v) is 10.8. The van der Waals surface area contributed by atoms with E-state index >= 15 is 0 Å². The lowest BCUT2D eigenvalue weighted by Crippen LogP contribution is -2.29. The molecule has 0 aromatic heterocycles. The highest BCUT2D eigenvalue weighted by molar-refractivity contribution is 8.19. The van der Waals surface area contributed by atoms with Crippen LogP contribution in [-0.2, 0) is 4.79 Å². The molecule has 0 atom stereocenters. The van der Waals surface area contributed by atoms with Crippen LogP contribution in [0.3, 0.4) is 0 Å². The van der Waals surface area contributed by atoms with Gasteiger partial charge in [0.15, 0.2) is 5.17 Å². The van der Waals surface area contributed by atoms with Crippen molar-refractivity contribution in [3.63, 3.8) is 0 Å². The van der Waals surface area contributed by atoms with Gasteiger partial charge in [0.2, 0.25) is 0 Å². The first kappa shape index (κ1) is 19.5. The summed E-state index contributed by atoms with van der Waals surface area (Å²) in [4.78, 5) is 23.2. The number of carbonyl (C=O) groups excluding carboxylic acids is 1. The monoisotopic (exact) mass is 447 g/mol. The van der Waals surface area contributed by atoms with Gasteiger partial charge in [-0.1, -0.05) is 53.2 Å². The zero-order valence-corrected chi connectivity index (χ0v) is 18.0. The Kier molecular flexibility index (Phi) is 5.47. The zero-order valence-electron chi connectivity index (χ0n) is 14.9. The highest BCUT2D eigenvalue weighted by atomic mass is 35.5. The predicted molar refractivity (Wildman–Crippen MR) is 121 cm³/mol. The zero-order chi connectivity index (χ0) is 19.8. The van der Waals surface area contributed by atoms with Gasteiger partial charge in [-0.3, -0.25) is 9.69 Å². The number of fused-ring (bicyclic) bond motifs is 1. The van der Waals surface area contributed by atoms with E-state index in [4.69, 9.17) is 23.2 Å². The number of amidine groups is 1. The fourth-order valence-electron chi connectivity index (χ4n) is 2.87. The van der Waals surface area contributed by atoms with E-state index in [2.05, 4.69) is 22.5 Å². The maximum absolute atomic E-state index is 13.1. The predicted octanol–water partition coefficient (Wildman–Crippen LogP) is 6.15. The van der Waals surface area contributed by atoms with Gasteiger partial charge in [-0.05, 0) is 42.1 Å². The number of hydrogen-bond donors (Lipinski definition) is 0. The molecule has 0 saturated carbocycles. The molecule has 1 fully saturated rings. The largest absolute Gasteiger partial charge is 0.337 e.